The normalized spacial score (nSPS) is 20.2. The van der Waals surface area contributed by atoms with E-state index >= 15 is 0 Å². The van der Waals surface area contributed by atoms with E-state index in [1.807, 2.05) is 0 Å². The zero-order valence-corrected chi connectivity index (χ0v) is 12.1. The predicted molar refractivity (Wildman–Crippen MR) is 68.7 cm³/mol. The summed E-state index contributed by atoms with van der Waals surface area (Å²) in [7, 11) is -6.96. The van der Waals surface area contributed by atoms with Gasteiger partial charge in [-0.3, -0.25) is 0 Å². The number of hydrogen-bond acceptors (Lipinski definition) is 6. The van der Waals surface area contributed by atoms with Gasteiger partial charge in [0.15, 0.2) is 9.84 Å². The van der Waals surface area contributed by atoms with E-state index in [0.29, 0.717) is 11.3 Å². The van der Waals surface area contributed by atoms with E-state index in [1.54, 1.807) is 0 Å². The van der Waals surface area contributed by atoms with Crippen LogP contribution in [0, 0.1) is 0 Å². The van der Waals surface area contributed by atoms with E-state index in [4.69, 9.17) is 5.11 Å². The van der Waals surface area contributed by atoms with Crippen LogP contribution < -0.4 is 0 Å². The van der Waals surface area contributed by atoms with Crippen molar-refractivity contribution in [3.63, 3.8) is 0 Å². The minimum absolute atomic E-state index is 0.0665. The van der Waals surface area contributed by atoms with Crippen LogP contribution in [-0.4, -0.2) is 56.8 Å². The van der Waals surface area contributed by atoms with E-state index in [9.17, 15) is 21.6 Å². The highest BCUT2D eigenvalue weighted by atomic mass is 32.2. The second-order valence-electron chi connectivity index (χ2n) is 3.98. The number of carboxylic acid groups (broad SMARTS) is 1. The number of rotatable bonds is 3. The lowest BCUT2D eigenvalue weighted by Gasteiger charge is -2.25. The Labute approximate surface area is 114 Å². The molecule has 0 spiro atoms. The van der Waals surface area contributed by atoms with Crippen LogP contribution >= 0.6 is 11.3 Å². The average Bonchev–Trinajstić information content (AvgIpc) is 2.78. The standard InChI is InChI=1S/C9H11NO6S3/c11-9(12)7-1-2-8(17-7)19(15,16)10-3-5-18(13,14)6-4-10/h1-2H,3-6H2,(H,11,12). The van der Waals surface area contributed by atoms with Crippen molar-refractivity contribution < 1.29 is 26.7 Å². The highest BCUT2D eigenvalue weighted by Gasteiger charge is 2.32. The fourth-order valence-electron chi connectivity index (χ4n) is 1.64. The zero-order valence-electron chi connectivity index (χ0n) is 9.64. The molecule has 1 aliphatic rings. The van der Waals surface area contributed by atoms with Gasteiger partial charge in [0.05, 0.1) is 11.5 Å². The molecule has 2 heterocycles. The molecule has 106 valence electrons. The van der Waals surface area contributed by atoms with E-state index in [0.717, 1.165) is 4.31 Å². The second-order valence-corrected chi connectivity index (χ2v) is 9.53. The van der Waals surface area contributed by atoms with Gasteiger partial charge in [-0.25, -0.2) is 21.6 Å². The summed E-state index contributed by atoms with van der Waals surface area (Å²) in [6.07, 6.45) is 0. The lowest BCUT2D eigenvalue weighted by molar-refractivity contribution is 0.0702. The number of thiophene rings is 1. The SMILES string of the molecule is O=C(O)c1ccc(S(=O)(=O)N2CCS(=O)(=O)CC2)s1. The number of sulfone groups is 1. The minimum atomic E-state index is -3.80. The third-order valence-corrected chi connectivity index (χ3v) is 7.74. The molecule has 7 nitrogen and oxygen atoms in total. The van der Waals surface area contributed by atoms with E-state index in [2.05, 4.69) is 0 Å². The number of carboxylic acids is 1. The molecule has 0 atom stereocenters. The van der Waals surface area contributed by atoms with E-state index in [-0.39, 0.29) is 33.7 Å². The molecule has 0 radical (unpaired) electrons. The van der Waals surface area contributed by atoms with Crippen molar-refractivity contribution in [2.75, 3.05) is 24.6 Å². The summed E-state index contributed by atoms with van der Waals surface area (Å²) >= 11 is 0.663. The van der Waals surface area contributed by atoms with Crippen LogP contribution in [0.5, 0.6) is 0 Å². The Morgan fingerprint density at radius 2 is 1.84 bits per heavy atom. The average molecular weight is 325 g/mol. The highest BCUT2D eigenvalue weighted by Crippen LogP contribution is 2.25. The van der Waals surface area contributed by atoms with Gasteiger partial charge in [-0.05, 0) is 12.1 Å². The molecule has 1 saturated heterocycles. The second kappa shape index (κ2) is 4.85. The van der Waals surface area contributed by atoms with Crippen molar-refractivity contribution in [1.82, 2.24) is 4.31 Å². The van der Waals surface area contributed by atoms with Gasteiger partial charge in [0.25, 0.3) is 10.0 Å². The fourth-order valence-corrected chi connectivity index (χ4v) is 5.81. The number of nitrogens with zero attached hydrogens (tertiary/aromatic N) is 1. The van der Waals surface area contributed by atoms with Crippen molar-refractivity contribution in [3.8, 4) is 0 Å². The maximum atomic E-state index is 12.2. The molecule has 19 heavy (non-hydrogen) atoms. The van der Waals surface area contributed by atoms with Gasteiger partial charge < -0.3 is 5.11 Å². The Bertz CT molecular complexity index is 688. The van der Waals surface area contributed by atoms with E-state index in [1.165, 1.54) is 12.1 Å². The maximum absolute atomic E-state index is 12.2. The Hall–Kier alpha value is -0.970. The first-order valence-electron chi connectivity index (χ1n) is 5.26. The highest BCUT2D eigenvalue weighted by molar-refractivity contribution is 7.92. The molecular formula is C9H11NO6S3. The van der Waals surface area contributed by atoms with Crippen LogP contribution in [0.2, 0.25) is 0 Å². The van der Waals surface area contributed by atoms with Crippen LogP contribution in [0.25, 0.3) is 0 Å². The topological polar surface area (TPSA) is 109 Å². The summed E-state index contributed by atoms with van der Waals surface area (Å²) < 4.78 is 47.9. The molecule has 1 aromatic heterocycles. The molecule has 0 unspecified atom stereocenters. The number of carbonyl (C=O) groups is 1. The van der Waals surface area contributed by atoms with Gasteiger partial charge in [0, 0.05) is 13.1 Å². The van der Waals surface area contributed by atoms with Crippen molar-refractivity contribution >= 4 is 37.2 Å². The molecule has 1 aromatic rings. The first-order valence-corrected chi connectivity index (χ1v) is 9.34. The summed E-state index contributed by atoms with van der Waals surface area (Å²) in [4.78, 5) is 10.7. The minimum Gasteiger partial charge on any atom is -0.477 e. The third-order valence-electron chi connectivity index (χ3n) is 2.69. The lowest BCUT2D eigenvalue weighted by atomic mass is 10.5. The summed E-state index contributed by atoms with van der Waals surface area (Å²) in [5.41, 5.74) is 0. The Kier molecular flexibility index (Phi) is 3.69. The smallest absolute Gasteiger partial charge is 0.345 e. The lowest BCUT2D eigenvalue weighted by Crippen LogP contribution is -2.43. The van der Waals surface area contributed by atoms with Crippen molar-refractivity contribution in [2.45, 2.75) is 4.21 Å². The first kappa shape index (κ1) is 14.4. The van der Waals surface area contributed by atoms with Crippen LogP contribution in [0.4, 0.5) is 0 Å². The van der Waals surface area contributed by atoms with Gasteiger partial charge in [-0.15, -0.1) is 11.3 Å². The molecule has 1 fully saturated rings. The van der Waals surface area contributed by atoms with Crippen molar-refractivity contribution in [2.24, 2.45) is 0 Å². The first-order chi connectivity index (χ1) is 8.72. The van der Waals surface area contributed by atoms with Crippen LogP contribution in [-0.2, 0) is 19.9 Å². The van der Waals surface area contributed by atoms with Gasteiger partial charge in [-0.1, -0.05) is 0 Å². The molecule has 2 rings (SSSR count). The Balaban J connectivity index is 2.25. The molecular weight excluding hydrogens is 314 g/mol. The quantitative estimate of drug-likeness (QED) is 0.829. The van der Waals surface area contributed by atoms with Crippen molar-refractivity contribution in [3.05, 3.63) is 17.0 Å². The fraction of sp³-hybridized carbons (Fsp3) is 0.444. The monoisotopic (exact) mass is 325 g/mol. The molecule has 0 amide bonds. The summed E-state index contributed by atoms with van der Waals surface area (Å²) in [6.45, 7) is -0.185. The van der Waals surface area contributed by atoms with Crippen molar-refractivity contribution in [1.29, 1.82) is 0 Å². The molecule has 1 aliphatic heterocycles. The third kappa shape index (κ3) is 2.96. The van der Waals surface area contributed by atoms with Crippen LogP contribution in [0.15, 0.2) is 16.3 Å². The zero-order chi connectivity index (χ0) is 14.3. The molecule has 1 N–H and O–H groups in total. The van der Waals surface area contributed by atoms with Gasteiger partial charge >= 0.3 is 5.97 Å². The van der Waals surface area contributed by atoms with Gasteiger partial charge in [0.1, 0.15) is 9.09 Å². The van der Waals surface area contributed by atoms with Gasteiger partial charge in [0.2, 0.25) is 0 Å². The molecule has 0 aromatic carbocycles. The Morgan fingerprint density at radius 1 is 1.26 bits per heavy atom. The van der Waals surface area contributed by atoms with Gasteiger partial charge in [-0.2, -0.15) is 4.31 Å². The molecule has 10 heteroatoms. The maximum Gasteiger partial charge on any atom is 0.345 e. The number of aromatic carboxylic acids is 1. The Morgan fingerprint density at radius 3 is 2.32 bits per heavy atom. The summed E-state index contributed by atoms with van der Waals surface area (Å²) in [5.74, 6) is -1.60. The molecule has 0 aliphatic carbocycles. The molecule has 0 saturated carbocycles. The van der Waals surface area contributed by atoms with Crippen LogP contribution in [0.3, 0.4) is 0 Å². The predicted octanol–water partition coefficient (Wildman–Crippen LogP) is -0.135. The summed E-state index contributed by atoms with van der Waals surface area (Å²) in [6, 6.07) is 2.45. The number of hydrogen-bond donors (Lipinski definition) is 1. The largest absolute Gasteiger partial charge is 0.477 e. The summed E-state index contributed by atoms with van der Waals surface area (Å²) in [5, 5.41) is 8.77. The van der Waals surface area contributed by atoms with E-state index < -0.39 is 25.8 Å². The molecule has 0 bridgehead atoms. The van der Waals surface area contributed by atoms with Crippen LogP contribution in [0.1, 0.15) is 9.67 Å². The number of sulfonamides is 1.